The van der Waals surface area contributed by atoms with Gasteiger partial charge < -0.3 is 19.5 Å². The lowest BCUT2D eigenvalue weighted by Gasteiger charge is -2.14. The van der Waals surface area contributed by atoms with E-state index < -0.39 is 0 Å². The van der Waals surface area contributed by atoms with E-state index in [0.717, 1.165) is 0 Å². The van der Waals surface area contributed by atoms with E-state index >= 15 is 0 Å². The van der Waals surface area contributed by atoms with Crippen LogP contribution in [0.25, 0.3) is 0 Å². The van der Waals surface area contributed by atoms with Gasteiger partial charge in [0, 0.05) is 5.56 Å². The van der Waals surface area contributed by atoms with Crippen LogP contribution in [-0.2, 0) is 4.79 Å². The first kappa shape index (κ1) is 15.4. The van der Waals surface area contributed by atoms with E-state index in [1.54, 1.807) is 0 Å². The van der Waals surface area contributed by atoms with E-state index in [9.17, 15) is 9.59 Å². The van der Waals surface area contributed by atoms with Gasteiger partial charge in [-0.1, -0.05) is 5.92 Å². The van der Waals surface area contributed by atoms with Crippen LogP contribution >= 0.6 is 0 Å². The number of benzene rings is 1. The van der Waals surface area contributed by atoms with Gasteiger partial charge in [0.05, 0.1) is 20.8 Å². The maximum Gasteiger partial charge on any atom is 0.258 e. The maximum atomic E-state index is 11.4. The Morgan fingerprint density at radius 2 is 1.95 bits per heavy atom. The van der Waals surface area contributed by atoms with Gasteiger partial charge in [-0.05, 0) is 12.1 Å². The summed E-state index contributed by atoms with van der Waals surface area (Å²) in [4.78, 5) is 22.2. The summed E-state index contributed by atoms with van der Waals surface area (Å²) in [6, 6.07) is 2.98. The number of carbonyl (C=O) groups is 2. The SMILES string of the molecule is C#CCNC(=O)COc1c(OC)cc(C=O)cc1OC. The van der Waals surface area contributed by atoms with Crippen molar-refractivity contribution in [2.24, 2.45) is 0 Å². The highest BCUT2D eigenvalue weighted by Crippen LogP contribution is 2.38. The van der Waals surface area contributed by atoms with Gasteiger partial charge in [-0.25, -0.2) is 0 Å². The van der Waals surface area contributed by atoms with Crippen LogP contribution in [-0.4, -0.2) is 39.6 Å². The topological polar surface area (TPSA) is 73.9 Å². The first-order chi connectivity index (χ1) is 9.65. The largest absolute Gasteiger partial charge is 0.493 e. The zero-order chi connectivity index (χ0) is 15.0. The van der Waals surface area contributed by atoms with Crippen molar-refractivity contribution in [2.75, 3.05) is 27.4 Å². The third-order valence-corrected chi connectivity index (χ3v) is 2.35. The molecule has 0 aromatic heterocycles. The van der Waals surface area contributed by atoms with E-state index in [4.69, 9.17) is 20.6 Å². The fourth-order valence-electron chi connectivity index (χ4n) is 1.45. The van der Waals surface area contributed by atoms with Gasteiger partial charge in [-0.3, -0.25) is 9.59 Å². The summed E-state index contributed by atoms with van der Waals surface area (Å²) in [6.45, 7) is -0.116. The van der Waals surface area contributed by atoms with Crippen molar-refractivity contribution in [3.63, 3.8) is 0 Å². The van der Waals surface area contributed by atoms with Crippen LogP contribution in [0.4, 0.5) is 0 Å². The highest BCUT2D eigenvalue weighted by Gasteiger charge is 2.15. The van der Waals surface area contributed by atoms with Crippen molar-refractivity contribution in [1.29, 1.82) is 0 Å². The third-order valence-electron chi connectivity index (χ3n) is 2.35. The summed E-state index contributed by atoms with van der Waals surface area (Å²) in [5, 5.41) is 2.46. The predicted molar refractivity (Wildman–Crippen MR) is 72.3 cm³/mol. The molecule has 106 valence electrons. The normalized spacial score (nSPS) is 9.25. The quantitative estimate of drug-likeness (QED) is 0.585. The maximum absolute atomic E-state index is 11.4. The highest BCUT2D eigenvalue weighted by atomic mass is 16.5. The lowest BCUT2D eigenvalue weighted by Crippen LogP contribution is -2.29. The van der Waals surface area contributed by atoms with Gasteiger partial charge in [0.15, 0.2) is 18.1 Å². The van der Waals surface area contributed by atoms with E-state index in [-0.39, 0.29) is 24.8 Å². The average Bonchev–Trinajstić information content (AvgIpc) is 2.49. The molecule has 1 aromatic rings. The van der Waals surface area contributed by atoms with E-state index in [0.29, 0.717) is 23.3 Å². The Morgan fingerprint density at radius 3 is 2.40 bits per heavy atom. The Bertz CT molecular complexity index is 508. The van der Waals surface area contributed by atoms with Crippen LogP contribution in [0, 0.1) is 12.3 Å². The van der Waals surface area contributed by atoms with Crippen LogP contribution in [0.2, 0.25) is 0 Å². The zero-order valence-corrected chi connectivity index (χ0v) is 11.3. The minimum absolute atomic E-state index is 0.126. The molecule has 0 saturated heterocycles. The first-order valence-corrected chi connectivity index (χ1v) is 5.70. The molecule has 20 heavy (non-hydrogen) atoms. The number of nitrogens with one attached hydrogen (secondary N) is 1. The predicted octanol–water partition coefficient (Wildman–Crippen LogP) is 0.644. The summed E-state index contributed by atoms with van der Waals surface area (Å²) in [7, 11) is 2.85. The lowest BCUT2D eigenvalue weighted by atomic mass is 10.2. The van der Waals surface area contributed by atoms with E-state index in [1.165, 1.54) is 26.4 Å². The van der Waals surface area contributed by atoms with Crippen molar-refractivity contribution < 1.29 is 23.8 Å². The number of ether oxygens (including phenoxy) is 3. The number of rotatable bonds is 7. The molecule has 0 fully saturated rings. The molecule has 1 amide bonds. The Kier molecular flexibility index (Phi) is 5.91. The second-order valence-electron chi connectivity index (χ2n) is 3.64. The number of amides is 1. The minimum Gasteiger partial charge on any atom is -0.493 e. The van der Waals surface area contributed by atoms with Crippen LogP contribution in [0.15, 0.2) is 12.1 Å². The molecule has 6 heteroatoms. The summed E-state index contributed by atoms with van der Waals surface area (Å²) in [5.74, 6) is 2.76. The van der Waals surface area contributed by atoms with Crippen LogP contribution < -0.4 is 19.5 Å². The zero-order valence-electron chi connectivity index (χ0n) is 11.3. The molecule has 0 heterocycles. The number of terminal acetylenes is 1. The van der Waals surface area contributed by atoms with Gasteiger partial charge in [0.25, 0.3) is 5.91 Å². The molecule has 0 radical (unpaired) electrons. The minimum atomic E-state index is -0.369. The van der Waals surface area contributed by atoms with Crippen molar-refractivity contribution in [3.05, 3.63) is 17.7 Å². The fraction of sp³-hybridized carbons (Fsp3) is 0.286. The molecule has 6 nitrogen and oxygen atoms in total. The Balaban J connectivity index is 2.90. The Hall–Kier alpha value is -2.68. The Labute approximate surface area is 117 Å². The molecular weight excluding hydrogens is 262 g/mol. The molecule has 0 saturated carbocycles. The van der Waals surface area contributed by atoms with E-state index in [1.807, 2.05) is 0 Å². The third kappa shape index (κ3) is 3.92. The monoisotopic (exact) mass is 277 g/mol. The van der Waals surface area contributed by atoms with Crippen molar-refractivity contribution in [2.45, 2.75) is 0 Å². The Morgan fingerprint density at radius 1 is 1.35 bits per heavy atom. The second kappa shape index (κ2) is 7.69. The molecular formula is C14H15NO5. The number of hydrogen-bond acceptors (Lipinski definition) is 5. The molecule has 0 spiro atoms. The van der Waals surface area contributed by atoms with Gasteiger partial charge in [-0.2, -0.15) is 0 Å². The smallest absolute Gasteiger partial charge is 0.258 e. The van der Waals surface area contributed by atoms with Crippen molar-refractivity contribution in [3.8, 4) is 29.6 Å². The summed E-state index contributed by atoms with van der Waals surface area (Å²) in [5.41, 5.74) is 0.378. The molecule has 1 rings (SSSR count). The van der Waals surface area contributed by atoms with Crippen LogP contribution in [0.5, 0.6) is 17.2 Å². The van der Waals surface area contributed by atoms with E-state index in [2.05, 4.69) is 11.2 Å². The molecule has 1 N–H and O–H groups in total. The summed E-state index contributed by atoms with van der Waals surface area (Å²) < 4.78 is 15.6. The number of hydrogen-bond donors (Lipinski definition) is 1. The van der Waals surface area contributed by atoms with Gasteiger partial charge in [0.2, 0.25) is 5.75 Å². The first-order valence-electron chi connectivity index (χ1n) is 5.70. The molecule has 0 unspecified atom stereocenters. The fourth-order valence-corrected chi connectivity index (χ4v) is 1.45. The standard InChI is InChI=1S/C14H15NO5/c1-4-5-15-13(17)9-20-14-11(18-2)6-10(8-16)7-12(14)19-3/h1,6-8H,5,9H2,2-3H3,(H,15,17). The second-order valence-corrected chi connectivity index (χ2v) is 3.64. The summed E-state index contributed by atoms with van der Waals surface area (Å²) in [6.07, 6.45) is 5.69. The molecule has 0 aliphatic rings. The van der Waals surface area contributed by atoms with Gasteiger partial charge in [-0.15, -0.1) is 6.42 Å². The van der Waals surface area contributed by atoms with Crippen molar-refractivity contribution in [1.82, 2.24) is 5.32 Å². The number of carbonyl (C=O) groups excluding carboxylic acids is 2. The molecule has 0 bridgehead atoms. The van der Waals surface area contributed by atoms with Crippen LogP contribution in [0.3, 0.4) is 0 Å². The molecule has 1 aromatic carbocycles. The molecule has 0 aliphatic heterocycles. The lowest BCUT2D eigenvalue weighted by molar-refractivity contribution is -0.122. The molecule has 0 atom stereocenters. The summed E-state index contributed by atoms with van der Waals surface area (Å²) >= 11 is 0. The van der Waals surface area contributed by atoms with Crippen LogP contribution in [0.1, 0.15) is 10.4 Å². The average molecular weight is 277 g/mol. The number of methoxy groups -OCH3 is 2. The number of aldehydes is 1. The highest BCUT2D eigenvalue weighted by molar-refractivity contribution is 5.80. The molecule has 0 aliphatic carbocycles. The van der Waals surface area contributed by atoms with Gasteiger partial charge in [0.1, 0.15) is 6.29 Å². The van der Waals surface area contributed by atoms with Crippen molar-refractivity contribution >= 4 is 12.2 Å². The van der Waals surface area contributed by atoms with Gasteiger partial charge >= 0.3 is 0 Å².